The first kappa shape index (κ1) is 16.4. The van der Waals surface area contributed by atoms with Crippen LogP contribution in [0.15, 0.2) is 54.9 Å². The fraction of sp³-hybridized carbons (Fsp3) is 0.238. The summed E-state index contributed by atoms with van der Waals surface area (Å²) in [6.45, 7) is 2.69. The van der Waals surface area contributed by atoms with Gasteiger partial charge in [0, 0.05) is 0 Å². The summed E-state index contributed by atoms with van der Waals surface area (Å²) >= 11 is 0. The molecule has 1 aliphatic rings. The molecule has 26 heavy (non-hydrogen) atoms. The summed E-state index contributed by atoms with van der Waals surface area (Å²) in [6.07, 6.45) is 3.29. The van der Waals surface area contributed by atoms with Gasteiger partial charge in [0.05, 0.1) is 18.0 Å². The molecule has 0 radical (unpaired) electrons. The SMILES string of the molecule is CCOC(=O)c1ncn2c1CCc1cc(OCc3ccccc3)ccc1-2. The summed E-state index contributed by atoms with van der Waals surface area (Å²) in [5.74, 6) is 0.495. The lowest BCUT2D eigenvalue weighted by molar-refractivity contribution is 0.0518. The van der Waals surface area contributed by atoms with E-state index in [9.17, 15) is 4.79 Å². The first-order valence-electron chi connectivity index (χ1n) is 8.79. The minimum Gasteiger partial charge on any atom is -0.489 e. The van der Waals surface area contributed by atoms with E-state index in [0.717, 1.165) is 35.5 Å². The molecule has 5 nitrogen and oxygen atoms in total. The number of carbonyl (C=O) groups excluding carboxylic acids is 1. The van der Waals surface area contributed by atoms with E-state index >= 15 is 0 Å². The van der Waals surface area contributed by atoms with Crippen molar-refractivity contribution in [3.63, 3.8) is 0 Å². The molecule has 3 aromatic rings. The van der Waals surface area contributed by atoms with Crippen molar-refractivity contribution < 1.29 is 14.3 Å². The summed E-state index contributed by atoms with van der Waals surface area (Å²) in [5, 5.41) is 0. The molecule has 4 rings (SSSR count). The number of hydrogen-bond donors (Lipinski definition) is 0. The smallest absolute Gasteiger partial charge is 0.358 e. The Balaban J connectivity index is 1.56. The van der Waals surface area contributed by atoms with Crippen molar-refractivity contribution in [3.05, 3.63) is 77.4 Å². The zero-order chi connectivity index (χ0) is 17.9. The molecule has 132 valence electrons. The number of hydrogen-bond acceptors (Lipinski definition) is 4. The molecular weight excluding hydrogens is 328 g/mol. The number of aromatic nitrogens is 2. The lowest BCUT2D eigenvalue weighted by Crippen LogP contribution is -2.15. The quantitative estimate of drug-likeness (QED) is 0.659. The van der Waals surface area contributed by atoms with Gasteiger partial charge in [0.1, 0.15) is 18.7 Å². The van der Waals surface area contributed by atoms with Crippen LogP contribution in [0.1, 0.15) is 34.2 Å². The second-order valence-corrected chi connectivity index (χ2v) is 6.20. The number of carbonyl (C=O) groups is 1. The highest BCUT2D eigenvalue weighted by molar-refractivity contribution is 5.89. The van der Waals surface area contributed by atoms with Crippen molar-refractivity contribution in [2.75, 3.05) is 6.61 Å². The molecule has 2 heterocycles. The molecule has 0 aliphatic carbocycles. The molecular formula is C21H20N2O3. The number of ether oxygens (including phenoxy) is 2. The minimum absolute atomic E-state index is 0.351. The highest BCUT2D eigenvalue weighted by Crippen LogP contribution is 2.30. The van der Waals surface area contributed by atoms with Crippen LogP contribution < -0.4 is 4.74 Å². The zero-order valence-electron chi connectivity index (χ0n) is 14.6. The number of imidazole rings is 1. The van der Waals surface area contributed by atoms with Crippen molar-refractivity contribution in [1.29, 1.82) is 0 Å². The van der Waals surface area contributed by atoms with Gasteiger partial charge in [-0.15, -0.1) is 0 Å². The van der Waals surface area contributed by atoms with Crippen molar-refractivity contribution >= 4 is 5.97 Å². The maximum absolute atomic E-state index is 12.0. The van der Waals surface area contributed by atoms with Gasteiger partial charge in [-0.25, -0.2) is 9.78 Å². The van der Waals surface area contributed by atoms with E-state index < -0.39 is 0 Å². The lowest BCUT2D eigenvalue weighted by Gasteiger charge is -2.20. The highest BCUT2D eigenvalue weighted by Gasteiger charge is 2.24. The average molecular weight is 348 g/mol. The van der Waals surface area contributed by atoms with Crippen molar-refractivity contribution in [2.45, 2.75) is 26.4 Å². The maximum Gasteiger partial charge on any atom is 0.358 e. The second-order valence-electron chi connectivity index (χ2n) is 6.20. The summed E-state index contributed by atoms with van der Waals surface area (Å²) < 4.78 is 13.0. The normalized spacial score (nSPS) is 12.2. The molecule has 1 aromatic heterocycles. The Hall–Kier alpha value is -3.08. The predicted molar refractivity (Wildman–Crippen MR) is 97.7 cm³/mol. The Bertz CT molecular complexity index is 932. The Kier molecular flexibility index (Phi) is 4.44. The van der Waals surface area contributed by atoms with Crippen LogP contribution in [0.3, 0.4) is 0 Å². The highest BCUT2D eigenvalue weighted by atomic mass is 16.5. The molecule has 5 heteroatoms. The van der Waals surface area contributed by atoms with Gasteiger partial charge >= 0.3 is 5.97 Å². The van der Waals surface area contributed by atoms with Gasteiger partial charge in [-0.2, -0.15) is 0 Å². The monoisotopic (exact) mass is 348 g/mol. The standard InChI is InChI=1S/C21H20N2O3/c1-2-25-21(24)20-19-10-8-16-12-17(9-11-18(16)23(19)14-22-20)26-13-15-6-4-3-5-7-15/h3-7,9,11-12,14H,2,8,10,13H2,1H3. The van der Waals surface area contributed by atoms with Crippen LogP contribution in [0.5, 0.6) is 5.75 Å². The van der Waals surface area contributed by atoms with Gasteiger partial charge in [-0.3, -0.25) is 0 Å². The molecule has 0 N–H and O–H groups in total. The van der Waals surface area contributed by atoms with Crippen molar-refractivity contribution in [3.8, 4) is 11.4 Å². The summed E-state index contributed by atoms with van der Waals surface area (Å²) in [7, 11) is 0. The third-order valence-corrected chi connectivity index (χ3v) is 4.53. The Morgan fingerprint density at radius 1 is 1.15 bits per heavy atom. The number of aryl methyl sites for hydroxylation is 1. The van der Waals surface area contributed by atoms with Gasteiger partial charge in [0.2, 0.25) is 0 Å². The Morgan fingerprint density at radius 2 is 2.00 bits per heavy atom. The van der Waals surface area contributed by atoms with Crippen LogP contribution in [-0.2, 0) is 24.2 Å². The first-order chi connectivity index (χ1) is 12.8. The fourth-order valence-corrected chi connectivity index (χ4v) is 3.27. The van der Waals surface area contributed by atoms with E-state index in [4.69, 9.17) is 9.47 Å². The molecule has 0 saturated heterocycles. The summed E-state index contributed by atoms with van der Waals surface area (Å²) in [4.78, 5) is 16.3. The summed E-state index contributed by atoms with van der Waals surface area (Å²) in [5.41, 5.74) is 4.70. The van der Waals surface area contributed by atoms with Gasteiger partial charge < -0.3 is 14.0 Å². The number of benzene rings is 2. The van der Waals surface area contributed by atoms with E-state index in [0.29, 0.717) is 18.9 Å². The molecule has 0 fully saturated rings. The molecule has 0 bridgehead atoms. The summed E-state index contributed by atoms with van der Waals surface area (Å²) in [6, 6.07) is 16.2. The van der Waals surface area contributed by atoms with Crippen LogP contribution in [0.4, 0.5) is 0 Å². The van der Waals surface area contributed by atoms with Gasteiger partial charge in [0.15, 0.2) is 5.69 Å². The predicted octanol–water partition coefficient (Wildman–Crippen LogP) is 3.73. The molecule has 0 atom stereocenters. The molecule has 0 spiro atoms. The molecule has 0 amide bonds. The fourth-order valence-electron chi connectivity index (χ4n) is 3.27. The van der Waals surface area contributed by atoms with E-state index in [1.165, 1.54) is 5.56 Å². The van der Waals surface area contributed by atoms with Crippen LogP contribution in [0.2, 0.25) is 0 Å². The largest absolute Gasteiger partial charge is 0.489 e. The molecule has 0 unspecified atom stereocenters. The molecule has 0 saturated carbocycles. The van der Waals surface area contributed by atoms with E-state index in [-0.39, 0.29) is 5.97 Å². The van der Waals surface area contributed by atoms with Gasteiger partial charge in [-0.05, 0) is 49.1 Å². The van der Waals surface area contributed by atoms with Crippen LogP contribution in [-0.4, -0.2) is 22.1 Å². The van der Waals surface area contributed by atoms with Crippen molar-refractivity contribution in [1.82, 2.24) is 9.55 Å². The van der Waals surface area contributed by atoms with Crippen molar-refractivity contribution in [2.24, 2.45) is 0 Å². The third kappa shape index (κ3) is 3.08. The average Bonchev–Trinajstić information content (AvgIpc) is 3.12. The van der Waals surface area contributed by atoms with Gasteiger partial charge in [0.25, 0.3) is 0 Å². The topological polar surface area (TPSA) is 53.3 Å². The number of rotatable bonds is 5. The van der Waals surface area contributed by atoms with E-state index in [1.54, 1.807) is 13.3 Å². The molecule has 1 aliphatic heterocycles. The lowest BCUT2D eigenvalue weighted by atomic mass is 10.0. The third-order valence-electron chi connectivity index (χ3n) is 4.53. The number of fused-ring (bicyclic) bond motifs is 3. The van der Waals surface area contributed by atoms with Crippen LogP contribution in [0, 0.1) is 0 Å². The Labute approximate surface area is 152 Å². The second kappa shape index (κ2) is 7.04. The molecule has 2 aromatic carbocycles. The zero-order valence-corrected chi connectivity index (χ0v) is 14.6. The minimum atomic E-state index is -0.354. The van der Waals surface area contributed by atoms with E-state index in [2.05, 4.69) is 11.1 Å². The van der Waals surface area contributed by atoms with Crippen LogP contribution in [0.25, 0.3) is 5.69 Å². The van der Waals surface area contributed by atoms with Crippen LogP contribution >= 0.6 is 0 Å². The van der Waals surface area contributed by atoms with Gasteiger partial charge in [-0.1, -0.05) is 30.3 Å². The van der Waals surface area contributed by atoms with E-state index in [1.807, 2.05) is 47.0 Å². The Morgan fingerprint density at radius 3 is 2.81 bits per heavy atom. The maximum atomic E-state index is 12.0. The first-order valence-corrected chi connectivity index (χ1v) is 8.79. The number of nitrogens with zero attached hydrogens (tertiary/aromatic N) is 2. The number of esters is 1.